The molecule has 1 saturated carbocycles. The second-order valence-electron chi connectivity index (χ2n) is 5.75. The number of rotatable bonds is 3. The summed E-state index contributed by atoms with van der Waals surface area (Å²) in [6.45, 7) is 1.53. The standard InChI is InChI=1S/C13H21N5O/c1-17(13(19)9-4-5-10(14)7-9)8-12-16-15-11-3-2-6-18(11)12/h9-10H,2-8,14H2,1H3. The number of aryl methyl sites for hydroxylation is 1. The molecule has 1 amide bonds. The maximum Gasteiger partial charge on any atom is 0.225 e. The molecule has 104 valence electrons. The van der Waals surface area contributed by atoms with Crippen molar-refractivity contribution in [3.8, 4) is 0 Å². The fourth-order valence-electron chi connectivity index (χ4n) is 3.17. The molecule has 0 radical (unpaired) electrons. The Morgan fingerprint density at radius 1 is 1.47 bits per heavy atom. The van der Waals surface area contributed by atoms with Crippen LogP contribution in [0.15, 0.2) is 0 Å². The predicted molar refractivity (Wildman–Crippen MR) is 70.1 cm³/mol. The molecule has 2 N–H and O–H groups in total. The van der Waals surface area contributed by atoms with Gasteiger partial charge in [-0.3, -0.25) is 4.79 Å². The summed E-state index contributed by atoms with van der Waals surface area (Å²) in [5.41, 5.74) is 5.88. The third-order valence-corrected chi connectivity index (χ3v) is 4.26. The van der Waals surface area contributed by atoms with Gasteiger partial charge in [-0.2, -0.15) is 0 Å². The van der Waals surface area contributed by atoms with Gasteiger partial charge in [0.05, 0.1) is 6.54 Å². The number of hydrogen-bond donors (Lipinski definition) is 1. The van der Waals surface area contributed by atoms with E-state index in [4.69, 9.17) is 5.73 Å². The molecule has 0 bridgehead atoms. The summed E-state index contributed by atoms with van der Waals surface area (Å²) in [6.07, 6.45) is 4.84. The first-order valence-electron chi connectivity index (χ1n) is 7.06. The van der Waals surface area contributed by atoms with Crippen molar-refractivity contribution >= 4 is 5.91 Å². The lowest BCUT2D eigenvalue weighted by atomic mass is 10.1. The Labute approximate surface area is 113 Å². The highest BCUT2D eigenvalue weighted by Gasteiger charge is 2.30. The van der Waals surface area contributed by atoms with Gasteiger partial charge in [0.2, 0.25) is 5.91 Å². The van der Waals surface area contributed by atoms with E-state index in [0.717, 1.165) is 50.3 Å². The van der Waals surface area contributed by atoms with Gasteiger partial charge in [-0.1, -0.05) is 0 Å². The van der Waals surface area contributed by atoms with E-state index in [9.17, 15) is 4.79 Å². The summed E-state index contributed by atoms with van der Waals surface area (Å²) >= 11 is 0. The molecule has 2 unspecified atom stereocenters. The zero-order chi connectivity index (χ0) is 13.4. The molecule has 2 heterocycles. The molecular weight excluding hydrogens is 242 g/mol. The second kappa shape index (κ2) is 4.92. The summed E-state index contributed by atoms with van der Waals surface area (Å²) in [5.74, 6) is 2.26. The number of fused-ring (bicyclic) bond motifs is 1. The molecule has 2 aliphatic rings. The van der Waals surface area contributed by atoms with Crippen molar-refractivity contribution < 1.29 is 4.79 Å². The minimum Gasteiger partial charge on any atom is -0.338 e. The van der Waals surface area contributed by atoms with Gasteiger partial charge in [-0.25, -0.2) is 0 Å². The molecule has 1 aromatic rings. The van der Waals surface area contributed by atoms with Gasteiger partial charge in [0.15, 0.2) is 5.82 Å². The molecule has 2 atom stereocenters. The van der Waals surface area contributed by atoms with Crippen LogP contribution in [0, 0.1) is 5.92 Å². The Hall–Kier alpha value is -1.43. The Kier molecular flexibility index (Phi) is 3.26. The van der Waals surface area contributed by atoms with Crippen molar-refractivity contribution in [2.75, 3.05) is 7.05 Å². The molecule has 3 rings (SSSR count). The van der Waals surface area contributed by atoms with E-state index in [1.807, 2.05) is 7.05 Å². The third-order valence-electron chi connectivity index (χ3n) is 4.26. The van der Waals surface area contributed by atoms with Crippen LogP contribution in [0.4, 0.5) is 0 Å². The highest BCUT2D eigenvalue weighted by molar-refractivity contribution is 5.78. The van der Waals surface area contributed by atoms with Gasteiger partial charge in [0, 0.05) is 32.0 Å². The maximum atomic E-state index is 12.3. The third kappa shape index (κ3) is 2.36. The van der Waals surface area contributed by atoms with Crippen LogP contribution in [-0.4, -0.2) is 38.7 Å². The Morgan fingerprint density at radius 2 is 2.32 bits per heavy atom. The summed E-state index contributed by atoms with van der Waals surface area (Å²) in [4.78, 5) is 14.1. The summed E-state index contributed by atoms with van der Waals surface area (Å²) in [7, 11) is 1.85. The van der Waals surface area contributed by atoms with Crippen LogP contribution in [0.3, 0.4) is 0 Å². The van der Waals surface area contributed by atoms with Crippen molar-refractivity contribution in [3.05, 3.63) is 11.6 Å². The minimum absolute atomic E-state index is 0.0981. The molecule has 0 aromatic carbocycles. The molecule has 1 aliphatic heterocycles. The number of nitrogens with two attached hydrogens (primary N) is 1. The topological polar surface area (TPSA) is 77.0 Å². The SMILES string of the molecule is CN(Cc1nnc2n1CCC2)C(=O)C1CCC(N)C1. The number of amides is 1. The van der Waals surface area contributed by atoms with Gasteiger partial charge >= 0.3 is 0 Å². The zero-order valence-corrected chi connectivity index (χ0v) is 11.4. The average molecular weight is 263 g/mol. The number of carbonyl (C=O) groups excluding carboxylic acids is 1. The average Bonchev–Trinajstić information content (AvgIpc) is 3.06. The fraction of sp³-hybridized carbons (Fsp3) is 0.769. The van der Waals surface area contributed by atoms with Crippen molar-refractivity contribution in [2.45, 2.75) is 51.2 Å². The molecule has 1 aromatic heterocycles. The largest absolute Gasteiger partial charge is 0.338 e. The van der Waals surface area contributed by atoms with E-state index >= 15 is 0 Å². The molecule has 19 heavy (non-hydrogen) atoms. The lowest BCUT2D eigenvalue weighted by molar-refractivity contribution is -0.134. The van der Waals surface area contributed by atoms with Gasteiger partial charge in [0.1, 0.15) is 5.82 Å². The van der Waals surface area contributed by atoms with E-state index in [-0.39, 0.29) is 17.9 Å². The van der Waals surface area contributed by atoms with E-state index < -0.39 is 0 Å². The molecule has 0 saturated heterocycles. The maximum absolute atomic E-state index is 12.3. The van der Waals surface area contributed by atoms with Gasteiger partial charge in [0.25, 0.3) is 0 Å². The molecule has 6 nitrogen and oxygen atoms in total. The van der Waals surface area contributed by atoms with Crippen LogP contribution < -0.4 is 5.73 Å². The molecule has 1 fully saturated rings. The van der Waals surface area contributed by atoms with Crippen molar-refractivity contribution in [1.82, 2.24) is 19.7 Å². The summed E-state index contributed by atoms with van der Waals surface area (Å²) in [6, 6.07) is 0.194. The first-order valence-corrected chi connectivity index (χ1v) is 7.06. The van der Waals surface area contributed by atoms with E-state index in [1.165, 1.54) is 0 Å². The highest BCUT2D eigenvalue weighted by atomic mass is 16.2. The Balaban J connectivity index is 1.64. The van der Waals surface area contributed by atoms with Crippen molar-refractivity contribution in [1.29, 1.82) is 0 Å². The quantitative estimate of drug-likeness (QED) is 0.851. The first kappa shape index (κ1) is 12.6. The monoisotopic (exact) mass is 263 g/mol. The van der Waals surface area contributed by atoms with Crippen LogP contribution >= 0.6 is 0 Å². The van der Waals surface area contributed by atoms with Crippen LogP contribution in [0.2, 0.25) is 0 Å². The first-order chi connectivity index (χ1) is 9.15. The number of nitrogens with zero attached hydrogens (tertiary/aromatic N) is 4. The molecule has 6 heteroatoms. The van der Waals surface area contributed by atoms with Crippen molar-refractivity contribution in [2.24, 2.45) is 11.7 Å². The van der Waals surface area contributed by atoms with E-state index in [1.54, 1.807) is 4.90 Å². The summed E-state index contributed by atoms with van der Waals surface area (Å²) in [5, 5.41) is 8.37. The fourth-order valence-corrected chi connectivity index (χ4v) is 3.17. The zero-order valence-electron chi connectivity index (χ0n) is 11.4. The number of carbonyl (C=O) groups is 1. The van der Waals surface area contributed by atoms with Gasteiger partial charge < -0.3 is 15.2 Å². The summed E-state index contributed by atoms with van der Waals surface area (Å²) < 4.78 is 2.14. The smallest absolute Gasteiger partial charge is 0.225 e. The second-order valence-corrected chi connectivity index (χ2v) is 5.75. The lowest BCUT2D eigenvalue weighted by Crippen LogP contribution is -2.33. The lowest BCUT2D eigenvalue weighted by Gasteiger charge is -2.20. The number of aromatic nitrogens is 3. The van der Waals surface area contributed by atoms with Gasteiger partial charge in [-0.15, -0.1) is 10.2 Å². The van der Waals surface area contributed by atoms with Crippen LogP contribution in [0.25, 0.3) is 0 Å². The van der Waals surface area contributed by atoms with E-state index in [2.05, 4.69) is 14.8 Å². The minimum atomic E-state index is 0.0981. The Bertz CT molecular complexity index is 483. The predicted octanol–water partition coefficient (Wildman–Crippen LogP) is 0.310. The number of hydrogen-bond acceptors (Lipinski definition) is 4. The van der Waals surface area contributed by atoms with Gasteiger partial charge in [-0.05, 0) is 25.7 Å². The Morgan fingerprint density at radius 3 is 3.05 bits per heavy atom. The normalized spacial score (nSPS) is 25.6. The molecule has 1 aliphatic carbocycles. The van der Waals surface area contributed by atoms with Crippen LogP contribution in [-0.2, 0) is 24.3 Å². The van der Waals surface area contributed by atoms with Crippen molar-refractivity contribution in [3.63, 3.8) is 0 Å². The highest BCUT2D eigenvalue weighted by Crippen LogP contribution is 2.26. The van der Waals surface area contributed by atoms with Crippen LogP contribution in [0.5, 0.6) is 0 Å². The van der Waals surface area contributed by atoms with E-state index in [0.29, 0.717) is 6.54 Å². The molecule has 0 spiro atoms. The molecular formula is C13H21N5O. The van der Waals surface area contributed by atoms with Crippen LogP contribution in [0.1, 0.15) is 37.3 Å².